The van der Waals surface area contributed by atoms with E-state index >= 15 is 0 Å². The number of carbonyl (C=O) groups excluding carboxylic acids is 1. The number of nitrogens with zero attached hydrogens (tertiary/aromatic N) is 1. The highest BCUT2D eigenvalue weighted by Crippen LogP contribution is 2.30. The molecule has 0 saturated carbocycles. The van der Waals surface area contributed by atoms with E-state index in [4.69, 9.17) is 4.74 Å². The van der Waals surface area contributed by atoms with Gasteiger partial charge in [-0.05, 0) is 59.3 Å². The third-order valence-corrected chi connectivity index (χ3v) is 5.62. The number of carboxylic acid groups (broad SMARTS) is 1. The van der Waals surface area contributed by atoms with Crippen molar-refractivity contribution in [3.8, 4) is 0 Å². The Kier molecular flexibility index (Phi) is 7.79. The number of morpholine rings is 1. The molecule has 3 rings (SSSR count). The van der Waals surface area contributed by atoms with E-state index in [1.165, 1.54) is 0 Å². The Morgan fingerprint density at radius 2 is 1.87 bits per heavy atom. The second-order valence-electron chi connectivity index (χ2n) is 7.07. The number of anilines is 2. The third-order valence-electron chi connectivity index (χ3n) is 4.95. The lowest BCUT2D eigenvalue weighted by molar-refractivity contribution is 0.0383. The van der Waals surface area contributed by atoms with Gasteiger partial charge in [-0.2, -0.15) is 0 Å². The summed E-state index contributed by atoms with van der Waals surface area (Å²) in [6, 6.07) is 6.15. The van der Waals surface area contributed by atoms with Crippen LogP contribution in [-0.2, 0) is 4.74 Å². The zero-order valence-electron chi connectivity index (χ0n) is 16.8. The molecule has 0 bridgehead atoms. The number of hydrogen-bond donors (Lipinski definition) is 3. The molecule has 0 atom stereocenters. The SMILES string of the molecule is Cc1cc(I)ccc1Nc1c(C(=O)NCCN2CCOCC2)cc(C(=O)O)c(F)c1F. The number of amides is 1. The number of carbonyl (C=O) groups is 2. The number of ether oxygens (including phenoxy) is 1. The summed E-state index contributed by atoms with van der Waals surface area (Å²) in [5.41, 5.74) is -0.357. The van der Waals surface area contributed by atoms with E-state index in [2.05, 4.69) is 38.1 Å². The fourth-order valence-electron chi connectivity index (χ4n) is 3.23. The van der Waals surface area contributed by atoms with Crippen LogP contribution in [0.1, 0.15) is 26.3 Å². The van der Waals surface area contributed by atoms with E-state index < -0.39 is 34.8 Å². The van der Waals surface area contributed by atoms with Crippen LogP contribution in [0, 0.1) is 22.1 Å². The number of nitrogens with one attached hydrogen (secondary N) is 2. The van der Waals surface area contributed by atoms with Gasteiger partial charge in [-0.25, -0.2) is 13.6 Å². The Morgan fingerprint density at radius 1 is 1.16 bits per heavy atom. The lowest BCUT2D eigenvalue weighted by atomic mass is 10.0. The molecule has 1 aliphatic rings. The van der Waals surface area contributed by atoms with Gasteiger partial charge in [0.05, 0.1) is 30.0 Å². The largest absolute Gasteiger partial charge is 0.478 e. The van der Waals surface area contributed by atoms with Crippen molar-refractivity contribution in [2.45, 2.75) is 6.92 Å². The second kappa shape index (κ2) is 10.3. The van der Waals surface area contributed by atoms with Crippen LogP contribution in [-0.4, -0.2) is 61.3 Å². The standard InChI is InChI=1S/C21H22F2IN3O4/c1-12-10-13(24)2-3-16(12)26-19-15(11-14(21(29)30)17(22)18(19)23)20(28)25-4-5-27-6-8-31-9-7-27/h2-3,10-11,26H,4-9H2,1H3,(H,25,28)(H,29,30). The van der Waals surface area contributed by atoms with Crippen molar-refractivity contribution in [3.63, 3.8) is 0 Å². The van der Waals surface area contributed by atoms with E-state index in [1.807, 2.05) is 6.07 Å². The van der Waals surface area contributed by atoms with Gasteiger partial charge in [0.25, 0.3) is 5.91 Å². The van der Waals surface area contributed by atoms with Gasteiger partial charge in [0.2, 0.25) is 0 Å². The summed E-state index contributed by atoms with van der Waals surface area (Å²) in [7, 11) is 0. The molecule has 1 aliphatic heterocycles. The highest BCUT2D eigenvalue weighted by Gasteiger charge is 2.26. The first-order valence-corrected chi connectivity index (χ1v) is 10.7. The molecule has 1 fully saturated rings. The van der Waals surface area contributed by atoms with E-state index in [0.29, 0.717) is 25.4 Å². The first kappa shape index (κ1) is 23.4. The van der Waals surface area contributed by atoms with Crippen molar-refractivity contribution < 1.29 is 28.2 Å². The van der Waals surface area contributed by atoms with E-state index in [1.54, 1.807) is 19.1 Å². The van der Waals surface area contributed by atoms with Gasteiger partial charge >= 0.3 is 5.97 Å². The first-order valence-electron chi connectivity index (χ1n) is 9.64. The molecule has 2 aromatic carbocycles. The topological polar surface area (TPSA) is 90.9 Å². The Bertz CT molecular complexity index is 997. The number of benzene rings is 2. The molecule has 1 heterocycles. The van der Waals surface area contributed by atoms with Gasteiger partial charge in [0.15, 0.2) is 11.6 Å². The van der Waals surface area contributed by atoms with Gasteiger partial charge in [-0.3, -0.25) is 9.69 Å². The van der Waals surface area contributed by atoms with Gasteiger partial charge in [-0.1, -0.05) is 0 Å². The average Bonchev–Trinajstić information content (AvgIpc) is 2.73. The van der Waals surface area contributed by atoms with Crippen molar-refractivity contribution >= 4 is 45.8 Å². The molecule has 7 nitrogen and oxygen atoms in total. The molecule has 10 heteroatoms. The number of halogens is 3. The lowest BCUT2D eigenvalue weighted by Gasteiger charge is -2.26. The van der Waals surface area contributed by atoms with Crippen molar-refractivity contribution in [1.29, 1.82) is 0 Å². The molecule has 0 aliphatic carbocycles. The highest BCUT2D eigenvalue weighted by atomic mass is 127. The minimum Gasteiger partial charge on any atom is -0.478 e. The Hall–Kier alpha value is -2.31. The molecule has 0 spiro atoms. The van der Waals surface area contributed by atoms with Crippen molar-refractivity contribution in [3.05, 3.63) is 56.2 Å². The van der Waals surface area contributed by atoms with Crippen LogP contribution in [0.3, 0.4) is 0 Å². The van der Waals surface area contributed by atoms with Crippen molar-refractivity contribution in [2.24, 2.45) is 0 Å². The highest BCUT2D eigenvalue weighted by molar-refractivity contribution is 14.1. The summed E-state index contributed by atoms with van der Waals surface area (Å²) in [6.07, 6.45) is 0. The summed E-state index contributed by atoms with van der Waals surface area (Å²) in [4.78, 5) is 26.3. The molecular weight excluding hydrogens is 523 g/mol. The number of carboxylic acids is 1. The maximum atomic E-state index is 14.8. The molecule has 3 N–H and O–H groups in total. The summed E-state index contributed by atoms with van der Waals surface area (Å²) in [5.74, 6) is -5.30. The van der Waals surface area contributed by atoms with Crippen LogP contribution < -0.4 is 10.6 Å². The fourth-order valence-corrected chi connectivity index (χ4v) is 3.88. The normalized spacial score (nSPS) is 14.3. The maximum absolute atomic E-state index is 14.8. The van der Waals surface area contributed by atoms with Crippen LogP contribution in [0.5, 0.6) is 0 Å². The Morgan fingerprint density at radius 3 is 2.52 bits per heavy atom. The van der Waals surface area contributed by atoms with Crippen molar-refractivity contribution in [2.75, 3.05) is 44.7 Å². The van der Waals surface area contributed by atoms with Gasteiger partial charge in [-0.15, -0.1) is 0 Å². The summed E-state index contributed by atoms with van der Waals surface area (Å²) in [6.45, 7) is 5.31. The minimum absolute atomic E-state index is 0.266. The number of rotatable bonds is 7. The minimum atomic E-state index is -1.66. The van der Waals surface area contributed by atoms with Crippen LogP contribution in [0.2, 0.25) is 0 Å². The summed E-state index contributed by atoms with van der Waals surface area (Å²) >= 11 is 2.12. The van der Waals surface area contributed by atoms with Gasteiger partial charge < -0.3 is 20.5 Å². The zero-order chi connectivity index (χ0) is 22.5. The van der Waals surface area contributed by atoms with Crippen LogP contribution >= 0.6 is 22.6 Å². The second-order valence-corrected chi connectivity index (χ2v) is 8.32. The molecule has 31 heavy (non-hydrogen) atoms. The molecule has 0 radical (unpaired) electrons. The molecular formula is C21H22F2IN3O4. The monoisotopic (exact) mass is 545 g/mol. The fraction of sp³-hybridized carbons (Fsp3) is 0.333. The third kappa shape index (κ3) is 5.69. The van der Waals surface area contributed by atoms with E-state index in [0.717, 1.165) is 28.3 Å². The first-order chi connectivity index (χ1) is 14.8. The number of aromatic carboxylic acids is 1. The van der Waals surface area contributed by atoms with E-state index in [9.17, 15) is 23.5 Å². The Labute approximate surface area is 191 Å². The average molecular weight is 545 g/mol. The Balaban J connectivity index is 1.88. The van der Waals surface area contributed by atoms with E-state index in [-0.39, 0.29) is 12.1 Å². The van der Waals surface area contributed by atoms with Gasteiger partial charge in [0, 0.05) is 35.4 Å². The lowest BCUT2D eigenvalue weighted by Crippen LogP contribution is -2.41. The maximum Gasteiger partial charge on any atom is 0.338 e. The van der Waals surface area contributed by atoms with Crippen LogP contribution in [0.4, 0.5) is 20.2 Å². The molecule has 2 aromatic rings. The zero-order valence-corrected chi connectivity index (χ0v) is 19.0. The van der Waals surface area contributed by atoms with Crippen LogP contribution in [0.25, 0.3) is 0 Å². The molecule has 166 valence electrons. The summed E-state index contributed by atoms with van der Waals surface area (Å²) < 4.78 is 35.4. The predicted molar refractivity (Wildman–Crippen MR) is 120 cm³/mol. The van der Waals surface area contributed by atoms with Gasteiger partial charge in [0.1, 0.15) is 0 Å². The smallest absolute Gasteiger partial charge is 0.338 e. The van der Waals surface area contributed by atoms with Crippen molar-refractivity contribution in [1.82, 2.24) is 10.2 Å². The number of hydrogen-bond acceptors (Lipinski definition) is 5. The molecule has 0 unspecified atom stereocenters. The number of aryl methyl sites for hydroxylation is 1. The molecule has 0 aromatic heterocycles. The molecule has 1 saturated heterocycles. The quantitative estimate of drug-likeness (QED) is 0.463. The predicted octanol–water partition coefficient (Wildman–Crippen LogP) is 3.38. The van der Waals surface area contributed by atoms with Crippen LogP contribution in [0.15, 0.2) is 24.3 Å². The summed E-state index contributed by atoms with van der Waals surface area (Å²) in [5, 5.41) is 14.6. The molecule has 1 amide bonds.